The van der Waals surface area contributed by atoms with Crippen LogP contribution in [0, 0.1) is 12.7 Å². The molecule has 0 aliphatic carbocycles. The molecule has 0 unspecified atom stereocenters. The van der Waals surface area contributed by atoms with Gasteiger partial charge in [0.1, 0.15) is 5.82 Å². The molecule has 0 aliphatic rings. The summed E-state index contributed by atoms with van der Waals surface area (Å²) in [7, 11) is 1.89. The number of hydrogen-bond acceptors (Lipinski definition) is 2. The number of hydrogen-bond donors (Lipinski definition) is 0. The Labute approximate surface area is 116 Å². The summed E-state index contributed by atoms with van der Waals surface area (Å²) in [6.07, 6.45) is 2.82. The van der Waals surface area contributed by atoms with Crippen LogP contribution in [-0.4, -0.2) is 14.5 Å². The van der Waals surface area contributed by atoms with Gasteiger partial charge in [0, 0.05) is 24.4 Å². The van der Waals surface area contributed by atoms with Crippen molar-refractivity contribution in [2.24, 2.45) is 7.05 Å². The smallest absolute Gasteiger partial charge is 0.150 e. The van der Waals surface area contributed by atoms with Gasteiger partial charge in [0.15, 0.2) is 5.82 Å². The molecule has 2 aromatic heterocycles. The molecule has 0 fully saturated rings. The van der Waals surface area contributed by atoms with Gasteiger partial charge in [0.05, 0.1) is 17.6 Å². The van der Waals surface area contributed by atoms with Crippen LogP contribution in [0.5, 0.6) is 0 Å². The van der Waals surface area contributed by atoms with E-state index in [1.165, 1.54) is 6.20 Å². The second-order valence-corrected chi connectivity index (χ2v) is 4.64. The van der Waals surface area contributed by atoms with Gasteiger partial charge in [-0.25, -0.2) is 9.37 Å². The zero-order valence-electron chi connectivity index (χ0n) is 11.3. The molecular weight excluding hydrogens is 253 g/mol. The van der Waals surface area contributed by atoms with E-state index in [-0.39, 0.29) is 5.82 Å². The molecule has 1 aromatic carbocycles. The average molecular weight is 267 g/mol. The van der Waals surface area contributed by atoms with E-state index < -0.39 is 0 Å². The molecular formula is C16H14FN3. The van der Waals surface area contributed by atoms with Crippen molar-refractivity contribution in [3.05, 3.63) is 60.4 Å². The highest BCUT2D eigenvalue weighted by Crippen LogP contribution is 2.32. The number of halogens is 1. The number of pyridine rings is 1. The monoisotopic (exact) mass is 267 g/mol. The summed E-state index contributed by atoms with van der Waals surface area (Å²) in [5.74, 6) is 0.503. The molecule has 0 bridgehead atoms. The van der Waals surface area contributed by atoms with Gasteiger partial charge >= 0.3 is 0 Å². The Balaban J connectivity index is 2.29. The third-order valence-corrected chi connectivity index (χ3v) is 3.39. The second kappa shape index (κ2) is 4.89. The summed E-state index contributed by atoms with van der Waals surface area (Å²) in [5, 5.41) is 0. The van der Waals surface area contributed by atoms with Crippen molar-refractivity contribution in [1.29, 1.82) is 0 Å². The van der Waals surface area contributed by atoms with Crippen LogP contribution in [-0.2, 0) is 7.05 Å². The van der Waals surface area contributed by atoms with Crippen LogP contribution < -0.4 is 0 Å². The summed E-state index contributed by atoms with van der Waals surface area (Å²) in [6, 6.07) is 11.5. The van der Waals surface area contributed by atoms with E-state index in [9.17, 15) is 4.39 Å². The van der Waals surface area contributed by atoms with Crippen LogP contribution in [0.2, 0.25) is 0 Å². The second-order valence-electron chi connectivity index (χ2n) is 4.64. The molecule has 0 N–H and O–H groups in total. The Morgan fingerprint density at radius 2 is 1.85 bits per heavy atom. The summed E-state index contributed by atoms with van der Waals surface area (Å²) in [6.45, 7) is 1.91. The molecule has 0 spiro atoms. The highest BCUT2D eigenvalue weighted by molar-refractivity contribution is 5.79. The molecule has 0 saturated carbocycles. The minimum atomic E-state index is -0.340. The van der Waals surface area contributed by atoms with Crippen molar-refractivity contribution in [2.75, 3.05) is 0 Å². The molecule has 20 heavy (non-hydrogen) atoms. The van der Waals surface area contributed by atoms with Crippen LogP contribution in [0.3, 0.4) is 0 Å². The quantitative estimate of drug-likeness (QED) is 0.710. The molecule has 0 atom stereocenters. The number of benzene rings is 1. The Hall–Kier alpha value is -2.49. The average Bonchev–Trinajstić information content (AvgIpc) is 2.77. The summed E-state index contributed by atoms with van der Waals surface area (Å²) in [5.41, 5.74) is 3.05. The molecule has 3 aromatic rings. The van der Waals surface area contributed by atoms with E-state index in [0.29, 0.717) is 5.56 Å². The molecule has 0 amide bonds. The molecule has 0 saturated heterocycles. The third kappa shape index (κ3) is 1.99. The first-order chi connectivity index (χ1) is 9.68. The number of imidazole rings is 1. The molecule has 3 rings (SSSR count). The van der Waals surface area contributed by atoms with Gasteiger partial charge in [-0.15, -0.1) is 0 Å². The fourth-order valence-corrected chi connectivity index (χ4v) is 2.28. The van der Waals surface area contributed by atoms with Gasteiger partial charge in [-0.2, -0.15) is 0 Å². The molecule has 2 heterocycles. The lowest BCUT2D eigenvalue weighted by Gasteiger charge is -2.07. The van der Waals surface area contributed by atoms with Crippen molar-refractivity contribution in [1.82, 2.24) is 14.5 Å². The van der Waals surface area contributed by atoms with E-state index in [1.807, 2.05) is 48.9 Å². The first-order valence-electron chi connectivity index (χ1n) is 6.37. The van der Waals surface area contributed by atoms with Gasteiger partial charge in [-0.1, -0.05) is 30.3 Å². The minimum Gasteiger partial charge on any atom is -0.331 e. The third-order valence-electron chi connectivity index (χ3n) is 3.39. The van der Waals surface area contributed by atoms with Crippen LogP contribution in [0.25, 0.3) is 22.5 Å². The minimum absolute atomic E-state index is 0.340. The molecule has 0 aliphatic heterocycles. The van der Waals surface area contributed by atoms with E-state index in [1.54, 1.807) is 12.3 Å². The summed E-state index contributed by atoms with van der Waals surface area (Å²) in [4.78, 5) is 8.38. The fourth-order valence-electron chi connectivity index (χ4n) is 2.28. The van der Waals surface area contributed by atoms with Crippen LogP contribution in [0.1, 0.15) is 5.82 Å². The largest absolute Gasteiger partial charge is 0.331 e. The first kappa shape index (κ1) is 12.5. The van der Waals surface area contributed by atoms with E-state index in [4.69, 9.17) is 0 Å². The first-order valence-corrected chi connectivity index (χ1v) is 6.37. The van der Waals surface area contributed by atoms with Crippen molar-refractivity contribution in [2.45, 2.75) is 6.92 Å². The predicted octanol–water partition coefficient (Wildman–Crippen LogP) is 3.60. The standard InChI is InChI=1S/C16H14FN3/c1-11-19-15(12-6-4-3-5-7-12)16(20(11)2)13-8-9-18-10-14(13)17/h3-10H,1-2H3. The van der Waals surface area contributed by atoms with Gasteiger partial charge in [-0.3, -0.25) is 4.98 Å². The van der Waals surface area contributed by atoms with E-state index in [0.717, 1.165) is 22.8 Å². The molecule has 100 valence electrons. The SMILES string of the molecule is Cc1nc(-c2ccccc2)c(-c2ccncc2F)n1C. The lowest BCUT2D eigenvalue weighted by molar-refractivity contribution is 0.623. The van der Waals surface area contributed by atoms with Gasteiger partial charge < -0.3 is 4.57 Å². The maximum atomic E-state index is 14.1. The molecule has 3 nitrogen and oxygen atoms in total. The van der Waals surface area contributed by atoms with Gasteiger partial charge in [0.25, 0.3) is 0 Å². The topological polar surface area (TPSA) is 30.7 Å². The van der Waals surface area contributed by atoms with E-state index >= 15 is 0 Å². The number of aromatic nitrogens is 3. The summed E-state index contributed by atoms with van der Waals surface area (Å²) >= 11 is 0. The van der Waals surface area contributed by atoms with Crippen molar-refractivity contribution in [3.8, 4) is 22.5 Å². The molecule has 0 radical (unpaired) electrons. The van der Waals surface area contributed by atoms with Crippen LogP contribution >= 0.6 is 0 Å². The number of aryl methyl sites for hydroxylation is 1. The van der Waals surface area contributed by atoms with Crippen molar-refractivity contribution >= 4 is 0 Å². The zero-order valence-corrected chi connectivity index (χ0v) is 11.3. The molecule has 4 heteroatoms. The number of rotatable bonds is 2. The summed E-state index contributed by atoms with van der Waals surface area (Å²) < 4.78 is 16.0. The fraction of sp³-hybridized carbons (Fsp3) is 0.125. The van der Waals surface area contributed by atoms with Gasteiger partial charge in [0.2, 0.25) is 0 Å². The number of nitrogens with zero attached hydrogens (tertiary/aromatic N) is 3. The van der Waals surface area contributed by atoms with Crippen molar-refractivity contribution < 1.29 is 4.39 Å². The van der Waals surface area contributed by atoms with Gasteiger partial charge in [-0.05, 0) is 13.0 Å². The Bertz CT molecular complexity index is 748. The van der Waals surface area contributed by atoms with Crippen LogP contribution in [0.4, 0.5) is 4.39 Å². The predicted molar refractivity (Wildman–Crippen MR) is 76.6 cm³/mol. The maximum Gasteiger partial charge on any atom is 0.150 e. The van der Waals surface area contributed by atoms with Crippen LogP contribution in [0.15, 0.2) is 48.8 Å². The Morgan fingerprint density at radius 1 is 1.10 bits per heavy atom. The lowest BCUT2D eigenvalue weighted by atomic mass is 10.1. The Morgan fingerprint density at radius 3 is 2.55 bits per heavy atom. The Kier molecular flexibility index (Phi) is 3.06. The van der Waals surface area contributed by atoms with Crippen molar-refractivity contribution in [3.63, 3.8) is 0 Å². The highest BCUT2D eigenvalue weighted by atomic mass is 19.1. The highest BCUT2D eigenvalue weighted by Gasteiger charge is 2.18. The lowest BCUT2D eigenvalue weighted by Crippen LogP contribution is -1.97. The zero-order chi connectivity index (χ0) is 14.1. The normalized spacial score (nSPS) is 10.8. The van der Waals surface area contributed by atoms with E-state index in [2.05, 4.69) is 9.97 Å². The maximum absolute atomic E-state index is 14.1.